The van der Waals surface area contributed by atoms with Crippen molar-refractivity contribution in [2.45, 2.75) is 179 Å². The second kappa shape index (κ2) is 18.5. The molecule has 4 fully saturated rings. The summed E-state index contributed by atoms with van der Waals surface area (Å²) in [4.78, 5) is 61.8. The van der Waals surface area contributed by atoms with Gasteiger partial charge in [-0.25, -0.2) is 0 Å². The van der Waals surface area contributed by atoms with Gasteiger partial charge < -0.3 is 39.8 Å². The lowest BCUT2D eigenvalue weighted by molar-refractivity contribution is -0.224. The Hall–Kier alpha value is -2.41. The van der Waals surface area contributed by atoms with Gasteiger partial charge in [0.25, 0.3) is 0 Å². The molecule has 14 nitrogen and oxygen atoms in total. The number of carbonyl (C=O) groups is 4. The van der Waals surface area contributed by atoms with Crippen LogP contribution in [0.15, 0.2) is 24.3 Å². The van der Waals surface area contributed by atoms with Crippen LogP contribution in [-0.4, -0.2) is 106 Å². The number of ether oxygens (including phenoxy) is 4. The van der Waals surface area contributed by atoms with E-state index in [1.54, 1.807) is 20.8 Å². The highest BCUT2D eigenvalue weighted by molar-refractivity contribution is 14.1. The molecule has 5 rings (SSSR count). The Morgan fingerprint density at radius 3 is 2.24 bits per heavy atom. The number of rotatable bonds is 19. The molecule has 9 atom stereocenters. The number of nitrogens with one attached hydrogen (secondary N) is 2. The predicted molar refractivity (Wildman–Crippen MR) is 209 cm³/mol. The van der Waals surface area contributed by atoms with E-state index in [-0.39, 0.29) is 25.8 Å². The molecular formula is C40H60IN3O11. The highest BCUT2D eigenvalue weighted by Gasteiger charge is 2.76. The SMILES string of the molecule is CCCCCC1(CCCCC)O[C@@H]2[C@H](O1)[C@H]1ON(Cc3ccc(I)cc3)[C@H]3C(=O)O[C@@H]2C[C@@]13C(=O)N[C@@H](C(=O)N[C@H](CO)CCC(=O)OC(C)(C)C)[C@H](C)O. The molecule has 3 aliphatic heterocycles. The molecule has 15 heteroatoms. The summed E-state index contributed by atoms with van der Waals surface area (Å²) in [5.41, 5.74) is -1.42. The van der Waals surface area contributed by atoms with Crippen LogP contribution in [0.5, 0.6) is 0 Å². The molecule has 1 aromatic rings. The molecule has 0 aromatic heterocycles. The van der Waals surface area contributed by atoms with Crippen LogP contribution in [0.4, 0.5) is 0 Å². The standard InChI is InChI=1S/C40H60IN3O11/c1-7-9-11-19-39(20-12-10-8-2)53-31-28-21-40(33(36(49)51-28)44(55-34(40)32(31)54-39)22-25-13-15-26(41)16-14-25)37(50)43-30(24(3)46)35(48)42-27(23-45)17-18-29(47)52-38(4,5)6/h13-16,24,27-28,30-34,45-46H,7-12,17-23H2,1-6H3,(H,42,48)(H,43,50)/t24-,27-,28+,30+,31-,32-,33-,34+,40-/m0/s1. The van der Waals surface area contributed by atoms with Crippen LogP contribution >= 0.6 is 22.6 Å². The fraction of sp³-hybridized carbons (Fsp3) is 0.750. The summed E-state index contributed by atoms with van der Waals surface area (Å²) in [6.45, 7) is 10.5. The van der Waals surface area contributed by atoms with Crippen LogP contribution < -0.4 is 10.6 Å². The zero-order valence-electron chi connectivity index (χ0n) is 33.0. The van der Waals surface area contributed by atoms with Crippen molar-refractivity contribution in [2.24, 2.45) is 5.41 Å². The van der Waals surface area contributed by atoms with Crippen LogP contribution in [0.3, 0.4) is 0 Å². The van der Waals surface area contributed by atoms with Gasteiger partial charge in [-0.15, -0.1) is 0 Å². The maximum Gasteiger partial charge on any atom is 0.327 e. The van der Waals surface area contributed by atoms with Gasteiger partial charge in [0.05, 0.1) is 25.3 Å². The van der Waals surface area contributed by atoms with E-state index in [2.05, 4.69) is 47.1 Å². The Morgan fingerprint density at radius 2 is 1.65 bits per heavy atom. The zero-order chi connectivity index (χ0) is 40.1. The van der Waals surface area contributed by atoms with Gasteiger partial charge in [-0.05, 0) is 87.2 Å². The number of esters is 2. The third kappa shape index (κ3) is 10.0. The van der Waals surface area contributed by atoms with E-state index in [0.717, 1.165) is 47.7 Å². The van der Waals surface area contributed by atoms with Crippen molar-refractivity contribution >= 4 is 46.3 Å². The minimum atomic E-state index is -1.57. The number of halogens is 1. The van der Waals surface area contributed by atoms with Gasteiger partial charge in [0.1, 0.15) is 41.5 Å². The molecule has 4 aliphatic rings. The van der Waals surface area contributed by atoms with E-state index in [9.17, 15) is 29.4 Å². The minimum Gasteiger partial charge on any atom is -0.460 e. The second-order valence-electron chi connectivity index (χ2n) is 16.5. The van der Waals surface area contributed by atoms with E-state index in [0.29, 0.717) is 12.8 Å². The Kier molecular flexibility index (Phi) is 14.7. The molecule has 2 amide bonds. The van der Waals surface area contributed by atoms with Crippen molar-refractivity contribution in [1.29, 1.82) is 0 Å². The van der Waals surface area contributed by atoms with Crippen LogP contribution in [0.2, 0.25) is 0 Å². The molecule has 0 unspecified atom stereocenters. The number of aliphatic hydroxyl groups excluding tert-OH is 2. The summed E-state index contributed by atoms with van der Waals surface area (Å²) >= 11 is 2.22. The van der Waals surface area contributed by atoms with E-state index in [1.165, 1.54) is 12.0 Å². The first-order chi connectivity index (χ1) is 26.1. The van der Waals surface area contributed by atoms with E-state index in [1.807, 2.05) is 24.3 Å². The van der Waals surface area contributed by atoms with Crippen LogP contribution in [0.1, 0.15) is 118 Å². The lowest BCUT2D eigenvalue weighted by Gasteiger charge is -2.49. The van der Waals surface area contributed by atoms with Crippen molar-refractivity contribution in [2.75, 3.05) is 6.61 Å². The summed E-state index contributed by atoms with van der Waals surface area (Å²) in [5.74, 6) is -3.50. The summed E-state index contributed by atoms with van der Waals surface area (Å²) in [6.07, 6.45) is 2.51. The number of carbonyl (C=O) groups excluding carboxylic acids is 4. The number of benzene rings is 1. The largest absolute Gasteiger partial charge is 0.460 e. The van der Waals surface area contributed by atoms with Crippen molar-refractivity contribution in [1.82, 2.24) is 15.7 Å². The van der Waals surface area contributed by atoms with E-state index in [4.69, 9.17) is 23.8 Å². The molecule has 308 valence electrons. The molecule has 55 heavy (non-hydrogen) atoms. The second-order valence-corrected chi connectivity index (χ2v) is 17.8. The Labute approximate surface area is 338 Å². The van der Waals surface area contributed by atoms with Crippen molar-refractivity contribution in [3.05, 3.63) is 33.4 Å². The molecule has 0 spiro atoms. The number of unbranched alkanes of at least 4 members (excludes halogenated alkanes) is 4. The van der Waals surface area contributed by atoms with Gasteiger partial charge in [0.2, 0.25) is 11.8 Å². The predicted octanol–water partition coefficient (Wildman–Crippen LogP) is 4.20. The topological polar surface area (TPSA) is 182 Å². The monoisotopic (exact) mass is 885 g/mol. The number of hydroxylamine groups is 2. The Bertz CT molecular complexity index is 1490. The fourth-order valence-electron chi connectivity index (χ4n) is 8.33. The van der Waals surface area contributed by atoms with Gasteiger partial charge in [0, 0.05) is 29.3 Å². The third-order valence-corrected chi connectivity index (χ3v) is 11.7. The maximum absolute atomic E-state index is 14.9. The molecule has 0 radical (unpaired) electrons. The maximum atomic E-state index is 14.9. The molecule has 4 N–H and O–H groups in total. The van der Waals surface area contributed by atoms with Gasteiger partial charge in [-0.3, -0.25) is 24.0 Å². The molecule has 3 heterocycles. The van der Waals surface area contributed by atoms with Crippen LogP contribution in [0, 0.1) is 8.99 Å². The van der Waals surface area contributed by atoms with Crippen molar-refractivity contribution < 1.29 is 53.2 Å². The van der Waals surface area contributed by atoms with Crippen LogP contribution in [0.25, 0.3) is 0 Å². The fourth-order valence-corrected chi connectivity index (χ4v) is 8.69. The molecule has 1 aromatic carbocycles. The van der Waals surface area contributed by atoms with E-state index >= 15 is 0 Å². The number of fused-ring (bicyclic) bond motifs is 4. The van der Waals surface area contributed by atoms with Gasteiger partial charge in [-0.2, -0.15) is 5.06 Å². The summed E-state index contributed by atoms with van der Waals surface area (Å²) < 4.78 is 26.2. The number of nitrogens with zero attached hydrogens (tertiary/aromatic N) is 1. The molecule has 2 bridgehead atoms. The highest BCUT2D eigenvalue weighted by Crippen LogP contribution is 2.58. The average Bonchev–Trinajstić information content (AvgIpc) is 3.67. The highest BCUT2D eigenvalue weighted by atomic mass is 127. The van der Waals surface area contributed by atoms with Gasteiger partial charge in [0.15, 0.2) is 11.8 Å². The first-order valence-electron chi connectivity index (χ1n) is 19.9. The molecule has 1 saturated carbocycles. The molecule has 3 saturated heterocycles. The summed E-state index contributed by atoms with van der Waals surface area (Å²) in [6, 6.07) is 4.22. The quantitative estimate of drug-likeness (QED) is 0.0885. The van der Waals surface area contributed by atoms with Crippen molar-refractivity contribution in [3.8, 4) is 0 Å². The van der Waals surface area contributed by atoms with Crippen molar-refractivity contribution in [3.63, 3.8) is 0 Å². The minimum absolute atomic E-state index is 0.0525. The lowest BCUT2D eigenvalue weighted by atomic mass is 9.62. The average molecular weight is 886 g/mol. The van der Waals surface area contributed by atoms with Gasteiger partial charge >= 0.3 is 11.9 Å². The summed E-state index contributed by atoms with van der Waals surface area (Å²) in [5, 5.41) is 27.9. The normalized spacial score (nSPS) is 28.5. The molecular weight excluding hydrogens is 825 g/mol. The van der Waals surface area contributed by atoms with Gasteiger partial charge in [-0.1, -0.05) is 51.7 Å². The Balaban J connectivity index is 1.44. The first-order valence-corrected chi connectivity index (χ1v) is 21.0. The number of aliphatic hydroxyl groups is 2. The van der Waals surface area contributed by atoms with E-state index < -0.39 is 95.8 Å². The smallest absolute Gasteiger partial charge is 0.327 e. The zero-order valence-corrected chi connectivity index (χ0v) is 35.2. The molecule has 1 aliphatic carbocycles. The number of amides is 2. The first kappa shape index (κ1) is 43.7. The number of hydrogen-bond acceptors (Lipinski definition) is 12. The number of hydrogen-bond donors (Lipinski definition) is 4. The van der Waals surface area contributed by atoms with Crippen LogP contribution in [-0.2, 0) is 49.5 Å². The lowest BCUT2D eigenvalue weighted by Crippen LogP contribution is -2.71. The summed E-state index contributed by atoms with van der Waals surface area (Å²) in [7, 11) is 0. The third-order valence-electron chi connectivity index (χ3n) is 11.0. The Morgan fingerprint density at radius 1 is 1.02 bits per heavy atom.